The van der Waals surface area contributed by atoms with Crippen molar-refractivity contribution in [1.29, 1.82) is 0 Å². The molecule has 146 valence electrons. The van der Waals surface area contributed by atoms with Gasteiger partial charge < -0.3 is 9.40 Å². The van der Waals surface area contributed by atoms with Crippen LogP contribution in [0.2, 0.25) is 0 Å². The zero-order valence-electron chi connectivity index (χ0n) is 15.0. The topological polar surface area (TPSA) is 98.3 Å². The SMILES string of the molecule is Cc1nc2[nH]ccc2cc1-c1cn(Cc2ccc(-c3nnc(C(F)F)o3)s2)nn1. The first-order valence-corrected chi connectivity index (χ1v) is 9.44. The highest BCUT2D eigenvalue weighted by Gasteiger charge is 2.18. The van der Waals surface area contributed by atoms with Gasteiger partial charge >= 0.3 is 6.43 Å². The van der Waals surface area contributed by atoms with Gasteiger partial charge in [0.25, 0.3) is 11.8 Å². The molecule has 0 amide bonds. The lowest BCUT2D eigenvalue weighted by molar-refractivity contribution is 0.116. The van der Waals surface area contributed by atoms with Crippen LogP contribution in [0.4, 0.5) is 8.78 Å². The van der Waals surface area contributed by atoms with Crippen LogP contribution in [-0.4, -0.2) is 35.2 Å². The number of nitrogens with one attached hydrogen (secondary N) is 1. The fourth-order valence-electron chi connectivity index (χ4n) is 2.99. The third kappa shape index (κ3) is 3.29. The van der Waals surface area contributed by atoms with Gasteiger partial charge in [-0.15, -0.1) is 26.6 Å². The first-order valence-electron chi connectivity index (χ1n) is 8.63. The molecular formula is C18H13F2N7OS. The van der Waals surface area contributed by atoms with Gasteiger partial charge in [0.1, 0.15) is 11.3 Å². The van der Waals surface area contributed by atoms with Crippen LogP contribution in [0, 0.1) is 6.92 Å². The third-order valence-electron chi connectivity index (χ3n) is 4.36. The van der Waals surface area contributed by atoms with E-state index in [4.69, 9.17) is 4.42 Å². The molecule has 0 aliphatic rings. The van der Waals surface area contributed by atoms with Gasteiger partial charge in [0.05, 0.1) is 17.6 Å². The highest BCUT2D eigenvalue weighted by atomic mass is 32.1. The minimum absolute atomic E-state index is 0.0809. The van der Waals surface area contributed by atoms with E-state index in [2.05, 4.69) is 30.5 Å². The molecule has 0 spiro atoms. The molecule has 0 aromatic carbocycles. The van der Waals surface area contributed by atoms with Crippen LogP contribution < -0.4 is 0 Å². The van der Waals surface area contributed by atoms with Crippen molar-refractivity contribution in [2.75, 3.05) is 0 Å². The molecular weight excluding hydrogens is 400 g/mol. The van der Waals surface area contributed by atoms with E-state index in [0.717, 1.165) is 32.9 Å². The van der Waals surface area contributed by atoms with Crippen LogP contribution >= 0.6 is 11.3 Å². The quantitative estimate of drug-likeness (QED) is 0.463. The molecule has 0 saturated carbocycles. The number of fused-ring (bicyclic) bond motifs is 1. The van der Waals surface area contributed by atoms with Gasteiger partial charge in [-0.1, -0.05) is 5.21 Å². The van der Waals surface area contributed by atoms with E-state index in [1.165, 1.54) is 11.3 Å². The van der Waals surface area contributed by atoms with Crippen LogP contribution in [0.3, 0.4) is 0 Å². The van der Waals surface area contributed by atoms with Crippen LogP contribution in [0.1, 0.15) is 22.9 Å². The Kier molecular flexibility index (Phi) is 4.16. The Bertz CT molecular complexity index is 1300. The summed E-state index contributed by atoms with van der Waals surface area (Å²) in [6.45, 7) is 2.41. The van der Waals surface area contributed by atoms with Crippen molar-refractivity contribution in [3.8, 4) is 22.0 Å². The summed E-state index contributed by atoms with van der Waals surface area (Å²) < 4.78 is 31.9. The second kappa shape index (κ2) is 6.85. The van der Waals surface area contributed by atoms with E-state index in [1.54, 1.807) is 10.7 Å². The van der Waals surface area contributed by atoms with Gasteiger partial charge in [0.2, 0.25) is 0 Å². The van der Waals surface area contributed by atoms with Crippen molar-refractivity contribution >= 4 is 22.4 Å². The summed E-state index contributed by atoms with van der Waals surface area (Å²) >= 11 is 1.37. The number of H-pyrrole nitrogens is 1. The summed E-state index contributed by atoms with van der Waals surface area (Å²) in [6.07, 6.45) is 0.913. The minimum atomic E-state index is -2.78. The summed E-state index contributed by atoms with van der Waals surface area (Å²) in [5.74, 6) is -0.600. The molecule has 0 radical (unpaired) electrons. The number of hydrogen-bond donors (Lipinski definition) is 1. The fraction of sp³-hybridized carbons (Fsp3) is 0.167. The number of thiophene rings is 1. The maximum atomic E-state index is 12.6. The van der Waals surface area contributed by atoms with E-state index in [-0.39, 0.29) is 5.89 Å². The lowest BCUT2D eigenvalue weighted by Gasteiger charge is -2.01. The second-order valence-electron chi connectivity index (χ2n) is 6.35. The molecule has 0 unspecified atom stereocenters. The minimum Gasteiger partial charge on any atom is -0.414 e. The van der Waals surface area contributed by atoms with Gasteiger partial charge in [-0.2, -0.15) is 8.78 Å². The molecule has 8 nitrogen and oxygen atoms in total. The van der Waals surface area contributed by atoms with Crippen molar-refractivity contribution in [3.63, 3.8) is 0 Å². The molecule has 0 bridgehead atoms. The second-order valence-corrected chi connectivity index (χ2v) is 7.52. The summed E-state index contributed by atoms with van der Waals surface area (Å²) in [5, 5.41) is 16.5. The zero-order valence-corrected chi connectivity index (χ0v) is 15.8. The first kappa shape index (κ1) is 17.6. The summed E-state index contributed by atoms with van der Waals surface area (Å²) in [6, 6.07) is 7.61. The summed E-state index contributed by atoms with van der Waals surface area (Å²) in [5.41, 5.74) is 3.34. The summed E-state index contributed by atoms with van der Waals surface area (Å²) in [4.78, 5) is 9.21. The highest BCUT2D eigenvalue weighted by Crippen LogP contribution is 2.30. The Labute approximate surface area is 166 Å². The number of rotatable bonds is 5. The van der Waals surface area contributed by atoms with Crippen LogP contribution in [-0.2, 0) is 6.54 Å². The van der Waals surface area contributed by atoms with E-state index in [0.29, 0.717) is 11.4 Å². The average molecular weight is 413 g/mol. The van der Waals surface area contributed by atoms with E-state index in [9.17, 15) is 8.78 Å². The Balaban J connectivity index is 1.37. The molecule has 11 heteroatoms. The molecule has 0 saturated heterocycles. The van der Waals surface area contributed by atoms with Gasteiger partial charge in [-0.05, 0) is 31.2 Å². The van der Waals surface area contributed by atoms with Gasteiger partial charge in [0, 0.05) is 27.7 Å². The van der Waals surface area contributed by atoms with Crippen molar-refractivity contribution in [2.24, 2.45) is 0 Å². The Hall–Kier alpha value is -3.47. The van der Waals surface area contributed by atoms with E-state index < -0.39 is 12.3 Å². The largest absolute Gasteiger partial charge is 0.414 e. The molecule has 5 aromatic heterocycles. The number of aryl methyl sites for hydroxylation is 1. The van der Waals surface area contributed by atoms with E-state index in [1.807, 2.05) is 37.5 Å². The maximum Gasteiger partial charge on any atom is 0.314 e. The Morgan fingerprint density at radius 3 is 2.93 bits per heavy atom. The lowest BCUT2D eigenvalue weighted by atomic mass is 10.1. The Morgan fingerprint density at radius 2 is 2.10 bits per heavy atom. The molecule has 5 heterocycles. The first-order chi connectivity index (χ1) is 14.1. The fourth-order valence-corrected chi connectivity index (χ4v) is 3.91. The number of aromatic amines is 1. The molecule has 5 rings (SSSR count). The van der Waals surface area contributed by atoms with Crippen LogP contribution in [0.15, 0.2) is 41.1 Å². The summed E-state index contributed by atoms with van der Waals surface area (Å²) in [7, 11) is 0. The number of halogens is 2. The monoisotopic (exact) mass is 413 g/mol. The molecule has 0 fully saturated rings. The molecule has 0 atom stereocenters. The number of hydrogen-bond acceptors (Lipinski definition) is 7. The third-order valence-corrected chi connectivity index (χ3v) is 5.42. The van der Waals surface area contributed by atoms with Crippen LogP contribution in [0.5, 0.6) is 0 Å². The predicted molar refractivity (Wildman–Crippen MR) is 102 cm³/mol. The maximum absolute atomic E-state index is 12.6. The normalized spacial score (nSPS) is 11.7. The van der Waals surface area contributed by atoms with Crippen molar-refractivity contribution < 1.29 is 13.2 Å². The number of alkyl halides is 2. The van der Waals surface area contributed by atoms with Crippen LogP contribution in [0.25, 0.3) is 33.1 Å². The molecule has 29 heavy (non-hydrogen) atoms. The predicted octanol–water partition coefficient (Wildman–Crippen LogP) is 4.23. The van der Waals surface area contributed by atoms with E-state index >= 15 is 0 Å². The van der Waals surface area contributed by atoms with Crippen molar-refractivity contribution in [1.82, 2.24) is 35.2 Å². The van der Waals surface area contributed by atoms with Gasteiger partial charge in [0.15, 0.2) is 0 Å². The van der Waals surface area contributed by atoms with Crippen molar-refractivity contribution in [3.05, 3.63) is 53.1 Å². The van der Waals surface area contributed by atoms with Gasteiger partial charge in [-0.3, -0.25) is 0 Å². The number of pyridine rings is 1. The average Bonchev–Trinajstić information content (AvgIpc) is 3.48. The highest BCUT2D eigenvalue weighted by molar-refractivity contribution is 7.15. The molecule has 1 N–H and O–H groups in total. The molecule has 0 aliphatic heterocycles. The van der Waals surface area contributed by atoms with Crippen molar-refractivity contribution in [2.45, 2.75) is 19.9 Å². The molecule has 0 aliphatic carbocycles. The standard InChI is InChI=1S/C18H13F2N7OS/c1-9-12(6-10-4-5-21-16(10)22-9)13-8-27(26-23-13)7-11-2-3-14(29-11)17-24-25-18(28-17)15(19)20/h2-6,8,15H,7H2,1H3,(H,21,22). The smallest absolute Gasteiger partial charge is 0.314 e. The zero-order chi connectivity index (χ0) is 20.0. The lowest BCUT2D eigenvalue weighted by Crippen LogP contribution is -1.98. The number of aromatic nitrogens is 7. The Morgan fingerprint density at radius 1 is 1.21 bits per heavy atom. The molecule has 5 aromatic rings. The van der Waals surface area contributed by atoms with Gasteiger partial charge in [-0.25, -0.2) is 9.67 Å². The number of nitrogens with zero attached hydrogens (tertiary/aromatic N) is 6.